The van der Waals surface area contributed by atoms with Crippen LogP contribution in [0.3, 0.4) is 0 Å². The number of nitrogens with zero attached hydrogens (tertiary/aromatic N) is 1. The summed E-state index contributed by atoms with van der Waals surface area (Å²) in [5.41, 5.74) is 0.611. The van der Waals surface area contributed by atoms with Crippen molar-refractivity contribution in [1.82, 2.24) is 10.2 Å². The van der Waals surface area contributed by atoms with Gasteiger partial charge < -0.3 is 40.2 Å². The number of rotatable bonds is 13. The number of amides is 4. The molecular weight excluding hydrogens is 546 g/mol. The molecule has 3 rings (SSSR count). The number of imide groups is 1. The van der Waals surface area contributed by atoms with Gasteiger partial charge in [-0.25, -0.2) is 4.79 Å². The average molecular weight is 578 g/mol. The van der Waals surface area contributed by atoms with Crippen LogP contribution in [0.25, 0.3) is 0 Å². The van der Waals surface area contributed by atoms with Crippen LogP contribution in [0.5, 0.6) is 5.75 Å². The van der Waals surface area contributed by atoms with Gasteiger partial charge in [0.2, 0.25) is 18.1 Å². The Bertz CT molecular complexity index is 1200. The molecule has 4 atom stereocenters. The summed E-state index contributed by atoms with van der Waals surface area (Å²) >= 11 is 0. The van der Waals surface area contributed by atoms with Crippen LogP contribution in [0.1, 0.15) is 38.2 Å². The minimum Gasteiger partial charge on any atom is -0.479 e. The Hall–Kier alpha value is -4.34. The van der Waals surface area contributed by atoms with E-state index in [-0.39, 0.29) is 62.7 Å². The first kappa shape index (κ1) is 31.2. The quantitative estimate of drug-likeness (QED) is 0.144. The predicted molar refractivity (Wildman–Crippen MR) is 137 cm³/mol. The van der Waals surface area contributed by atoms with Crippen molar-refractivity contribution in [3.63, 3.8) is 0 Å². The third-order valence-electron chi connectivity index (χ3n) is 6.06. The zero-order chi connectivity index (χ0) is 30.1. The maximum absolute atomic E-state index is 12.6. The molecule has 2 aliphatic rings. The predicted octanol–water partition coefficient (Wildman–Crippen LogP) is -0.800. The van der Waals surface area contributed by atoms with E-state index in [1.54, 1.807) is 0 Å². The Morgan fingerprint density at radius 1 is 1.07 bits per heavy atom. The zero-order valence-corrected chi connectivity index (χ0v) is 22.1. The maximum atomic E-state index is 12.6. The minimum atomic E-state index is -1.73. The van der Waals surface area contributed by atoms with E-state index < -0.39 is 54.3 Å². The highest BCUT2D eigenvalue weighted by Crippen LogP contribution is 2.31. The molecule has 1 aromatic rings. The molecule has 1 aromatic carbocycles. The van der Waals surface area contributed by atoms with Crippen LogP contribution in [0.4, 0.5) is 5.69 Å². The molecule has 15 heteroatoms. The van der Waals surface area contributed by atoms with Gasteiger partial charge in [-0.1, -0.05) is 6.07 Å². The van der Waals surface area contributed by atoms with Gasteiger partial charge in [0, 0.05) is 51.4 Å². The summed E-state index contributed by atoms with van der Waals surface area (Å²) in [6.45, 7) is 1.20. The molecule has 0 radical (unpaired) electrons. The van der Waals surface area contributed by atoms with Crippen LogP contribution < -0.4 is 15.4 Å². The molecule has 2 heterocycles. The van der Waals surface area contributed by atoms with Crippen molar-refractivity contribution in [3.05, 3.63) is 35.9 Å². The topological polar surface area (TPSA) is 218 Å². The summed E-state index contributed by atoms with van der Waals surface area (Å²) in [5, 5.41) is 34.4. The molecule has 2 aliphatic heterocycles. The number of benzene rings is 1. The molecule has 41 heavy (non-hydrogen) atoms. The number of carboxylic acids is 1. The highest BCUT2D eigenvalue weighted by atomic mass is 16.7. The number of esters is 1. The lowest BCUT2D eigenvalue weighted by Gasteiger charge is -2.35. The maximum Gasteiger partial charge on any atom is 0.335 e. The zero-order valence-electron chi connectivity index (χ0n) is 22.1. The van der Waals surface area contributed by atoms with E-state index in [9.17, 15) is 44.1 Å². The minimum absolute atomic E-state index is 0.0206. The number of anilines is 1. The molecule has 0 aliphatic carbocycles. The Balaban J connectivity index is 1.56. The summed E-state index contributed by atoms with van der Waals surface area (Å²) in [6, 6.07) is 4.43. The Kier molecular flexibility index (Phi) is 10.9. The first-order chi connectivity index (χ1) is 19.4. The van der Waals surface area contributed by atoms with Crippen molar-refractivity contribution in [2.24, 2.45) is 0 Å². The number of aliphatic hydroxyl groups is 2. The number of ether oxygens (including phenoxy) is 3. The first-order valence-corrected chi connectivity index (χ1v) is 12.7. The van der Waals surface area contributed by atoms with Crippen LogP contribution >= 0.6 is 0 Å². The number of aliphatic hydroxyl groups excluding tert-OH is 2. The largest absolute Gasteiger partial charge is 0.479 e. The molecule has 15 nitrogen and oxygen atoms in total. The summed E-state index contributed by atoms with van der Waals surface area (Å²) in [6.07, 6.45) is -3.89. The molecule has 3 unspecified atom stereocenters. The average Bonchev–Trinajstić information content (AvgIpc) is 3.22. The number of carbonyl (C=O) groups excluding carboxylic acids is 5. The van der Waals surface area contributed by atoms with Crippen LogP contribution in [0.15, 0.2) is 30.4 Å². The number of carbonyl (C=O) groups is 6. The molecule has 1 fully saturated rings. The van der Waals surface area contributed by atoms with E-state index in [4.69, 9.17) is 14.2 Å². The van der Waals surface area contributed by atoms with Crippen molar-refractivity contribution < 1.29 is 58.3 Å². The van der Waals surface area contributed by atoms with Gasteiger partial charge in [-0.05, 0) is 24.1 Å². The lowest BCUT2D eigenvalue weighted by molar-refractivity contribution is -0.228. The summed E-state index contributed by atoms with van der Waals surface area (Å²) < 4.78 is 15.9. The number of aliphatic carboxylic acids is 1. The van der Waals surface area contributed by atoms with Crippen molar-refractivity contribution in [2.75, 3.05) is 18.4 Å². The second-order valence-corrected chi connectivity index (χ2v) is 9.26. The van der Waals surface area contributed by atoms with Crippen molar-refractivity contribution in [1.29, 1.82) is 0 Å². The van der Waals surface area contributed by atoms with Crippen LogP contribution in [0, 0.1) is 0 Å². The molecule has 222 valence electrons. The Morgan fingerprint density at radius 2 is 1.78 bits per heavy atom. The van der Waals surface area contributed by atoms with Gasteiger partial charge in [0.15, 0.2) is 6.10 Å². The van der Waals surface area contributed by atoms with Crippen LogP contribution in [0.2, 0.25) is 0 Å². The van der Waals surface area contributed by atoms with Crippen molar-refractivity contribution in [2.45, 2.75) is 63.8 Å². The second kappa shape index (κ2) is 14.3. The van der Waals surface area contributed by atoms with E-state index in [0.717, 1.165) is 17.1 Å². The van der Waals surface area contributed by atoms with Gasteiger partial charge in [-0.2, -0.15) is 0 Å². The molecule has 5 N–H and O–H groups in total. The van der Waals surface area contributed by atoms with E-state index >= 15 is 0 Å². The molecule has 0 bridgehead atoms. The third-order valence-corrected chi connectivity index (χ3v) is 6.06. The molecular formula is C26H31N3O12. The highest BCUT2D eigenvalue weighted by molar-refractivity contribution is 6.12. The second-order valence-electron chi connectivity index (χ2n) is 9.26. The van der Waals surface area contributed by atoms with Crippen LogP contribution in [-0.4, -0.2) is 93.5 Å². The number of nitrogens with one attached hydrogen (secondary N) is 2. The fraction of sp³-hybridized carbons (Fsp3) is 0.462. The standard InChI is InChI=1S/C26H31N3O12/c1-14(30)39-13-15-4-5-18(40-23-12-17(31)24(36)25(41-23)26(37)38)16(11-15)28-20(33)8-9-27-19(32)3-2-10-29-21(34)6-7-22(29)35/h4-7,11,17,23-25,31,36H,2-3,8-10,12-13H2,1H3,(H,27,32)(H,28,33)(H,37,38)/t17?,23?,24-,25?/m0/s1. The number of hydrogen-bond acceptors (Lipinski definition) is 11. The van der Waals surface area contributed by atoms with Gasteiger partial charge in [-0.15, -0.1) is 0 Å². The van der Waals surface area contributed by atoms with Gasteiger partial charge >= 0.3 is 11.9 Å². The smallest absolute Gasteiger partial charge is 0.335 e. The van der Waals surface area contributed by atoms with Gasteiger partial charge in [0.05, 0.1) is 11.8 Å². The fourth-order valence-corrected chi connectivity index (χ4v) is 3.98. The lowest BCUT2D eigenvalue weighted by Crippen LogP contribution is -2.53. The molecule has 4 amide bonds. The lowest BCUT2D eigenvalue weighted by atomic mass is 10.0. The molecule has 0 saturated carbocycles. The van der Waals surface area contributed by atoms with E-state index in [2.05, 4.69) is 10.6 Å². The Labute approximate surface area is 234 Å². The Morgan fingerprint density at radius 3 is 2.44 bits per heavy atom. The van der Waals surface area contributed by atoms with Gasteiger partial charge in [-0.3, -0.25) is 28.9 Å². The molecule has 0 aromatic heterocycles. The van der Waals surface area contributed by atoms with Gasteiger partial charge in [0.25, 0.3) is 11.8 Å². The fourth-order valence-electron chi connectivity index (χ4n) is 3.98. The van der Waals surface area contributed by atoms with Gasteiger partial charge in [0.1, 0.15) is 18.5 Å². The van der Waals surface area contributed by atoms with Crippen molar-refractivity contribution >= 4 is 41.3 Å². The van der Waals surface area contributed by atoms with E-state index in [1.165, 1.54) is 25.1 Å². The first-order valence-electron chi connectivity index (χ1n) is 12.7. The number of hydrogen-bond donors (Lipinski definition) is 5. The SMILES string of the molecule is CC(=O)OCc1ccc(OC2CC(O)[C@H](O)C(C(=O)O)O2)c(NC(=O)CCNC(=O)CCCN2C(=O)C=CC2=O)c1. The highest BCUT2D eigenvalue weighted by Gasteiger charge is 2.42. The molecule has 0 spiro atoms. The monoisotopic (exact) mass is 577 g/mol. The van der Waals surface area contributed by atoms with E-state index in [0.29, 0.717) is 5.56 Å². The van der Waals surface area contributed by atoms with Crippen LogP contribution in [-0.2, 0) is 44.8 Å². The summed E-state index contributed by atoms with van der Waals surface area (Å²) in [4.78, 5) is 71.4. The van der Waals surface area contributed by atoms with Crippen molar-refractivity contribution in [3.8, 4) is 5.75 Å². The third kappa shape index (κ3) is 9.09. The molecule has 1 saturated heterocycles. The summed E-state index contributed by atoms with van der Waals surface area (Å²) in [7, 11) is 0. The van der Waals surface area contributed by atoms with E-state index in [1.807, 2.05) is 0 Å². The summed E-state index contributed by atoms with van der Waals surface area (Å²) in [5.74, 6) is -3.73. The normalized spacial score (nSPS) is 21.9. The number of carboxylic acid groups (broad SMARTS) is 1.